The lowest BCUT2D eigenvalue weighted by Gasteiger charge is -2.13. The number of methoxy groups -OCH3 is 2. The molecule has 0 saturated heterocycles. The van der Waals surface area contributed by atoms with Crippen LogP contribution in [0.5, 0.6) is 11.5 Å². The molecule has 0 saturated carbocycles. The van der Waals surface area contributed by atoms with Crippen LogP contribution in [0.15, 0.2) is 34.8 Å². The molecule has 0 spiro atoms. The summed E-state index contributed by atoms with van der Waals surface area (Å²) in [5.41, 5.74) is 1.34. The molecule has 5 heteroatoms. The van der Waals surface area contributed by atoms with Crippen LogP contribution < -0.4 is 9.47 Å². The molecule has 0 aliphatic heterocycles. The Bertz CT molecular complexity index is 698. The van der Waals surface area contributed by atoms with E-state index >= 15 is 0 Å². The average Bonchev–Trinajstić information content (AvgIpc) is 2.48. The van der Waals surface area contributed by atoms with Gasteiger partial charge in [0.15, 0.2) is 5.78 Å². The largest absolute Gasteiger partial charge is 0.497 e. The lowest BCUT2D eigenvalue weighted by Crippen LogP contribution is -2.08. The summed E-state index contributed by atoms with van der Waals surface area (Å²) < 4.78 is 24.3. The molecule has 0 bridgehead atoms. The van der Waals surface area contributed by atoms with E-state index in [0.29, 0.717) is 32.7 Å². The highest BCUT2D eigenvalue weighted by Gasteiger charge is 2.21. The van der Waals surface area contributed by atoms with Crippen molar-refractivity contribution in [3.05, 3.63) is 57.3 Å². The van der Waals surface area contributed by atoms with Crippen LogP contribution in [-0.2, 0) is 0 Å². The fraction of sp³-hybridized carbons (Fsp3) is 0.188. The van der Waals surface area contributed by atoms with Gasteiger partial charge in [0.1, 0.15) is 17.3 Å². The van der Waals surface area contributed by atoms with Gasteiger partial charge in [-0.1, -0.05) is 6.07 Å². The molecule has 0 aliphatic carbocycles. The summed E-state index contributed by atoms with van der Waals surface area (Å²) in [7, 11) is 3.00. The van der Waals surface area contributed by atoms with Gasteiger partial charge in [-0.15, -0.1) is 0 Å². The molecule has 0 unspecified atom stereocenters. The Balaban J connectivity index is 2.60. The molecular formula is C16H14BrFO3. The number of benzene rings is 2. The fourth-order valence-electron chi connectivity index (χ4n) is 2.03. The van der Waals surface area contributed by atoms with Gasteiger partial charge in [0.05, 0.1) is 19.8 Å². The molecule has 0 aliphatic rings. The second-order valence-corrected chi connectivity index (χ2v) is 5.33. The van der Waals surface area contributed by atoms with Crippen LogP contribution in [0, 0.1) is 12.7 Å². The van der Waals surface area contributed by atoms with Gasteiger partial charge in [-0.2, -0.15) is 0 Å². The Kier molecular flexibility index (Phi) is 4.63. The van der Waals surface area contributed by atoms with Crippen LogP contribution in [0.2, 0.25) is 0 Å². The third-order valence-corrected chi connectivity index (χ3v) is 3.78. The zero-order valence-corrected chi connectivity index (χ0v) is 13.5. The molecule has 0 heterocycles. The maximum Gasteiger partial charge on any atom is 0.198 e. The van der Waals surface area contributed by atoms with Crippen molar-refractivity contribution >= 4 is 21.7 Å². The summed E-state index contributed by atoms with van der Waals surface area (Å²) in [5, 5.41) is 0. The van der Waals surface area contributed by atoms with Gasteiger partial charge in [0, 0.05) is 16.1 Å². The van der Waals surface area contributed by atoms with E-state index in [4.69, 9.17) is 9.47 Å². The van der Waals surface area contributed by atoms with Crippen molar-refractivity contribution in [3.8, 4) is 11.5 Å². The van der Waals surface area contributed by atoms with E-state index in [-0.39, 0.29) is 5.78 Å². The Morgan fingerprint density at radius 2 is 1.86 bits per heavy atom. The Morgan fingerprint density at radius 3 is 2.48 bits per heavy atom. The third-order valence-electron chi connectivity index (χ3n) is 3.15. The van der Waals surface area contributed by atoms with Gasteiger partial charge in [0.2, 0.25) is 0 Å². The monoisotopic (exact) mass is 352 g/mol. The molecule has 2 aromatic carbocycles. The van der Waals surface area contributed by atoms with Gasteiger partial charge in [-0.25, -0.2) is 4.39 Å². The zero-order chi connectivity index (χ0) is 15.6. The molecule has 0 N–H and O–H groups in total. The Labute approximate surface area is 130 Å². The summed E-state index contributed by atoms with van der Waals surface area (Å²) in [6.45, 7) is 1.76. The number of carbonyl (C=O) groups is 1. The number of hydrogen-bond donors (Lipinski definition) is 0. The molecule has 0 aromatic heterocycles. The predicted molar refractivity (Wildman–Crippen MR) is 81.8 cm³/mol. The van der Waals surface area contributed by atoms with E-state index in [1.807, 2.05) is 0 Å². The number of ketones is 1. The molecule has 2 aromatic rings. The molecule has 2 rings (SSSR count). The van der Waals surface area contributed by atoms with Crippen LogP contribution in [0.25, 0.3) is 0 Å². The van der Waals surface area contributed by atoms with Crippen LogP contribution in [-0.4, -0.2) is 20.0 Å². The molecule has 3 nitrogen and oxygen atoms in total. The Morgan fingerprint density at radius 1 is 1.14 bits per heavy atom. The maximum absolute atomic E-state index is 13.4. The Hall–Kier alpha value is -1.88. The second kappa shape index (κ2) is 6.26. The number of aryl methyl sites for hydroxylation is 1. The van der Waals surface area contributed by atoms with Gasteiger partial charge in [0.25, 0.3) is 0 Å². The minimum absolute atomic E-state index is 0.305. The van der Waals surface area contributed by atoms with Crippen molar-refractivity contribution in [3.63, 3.8) is 0 Å². The van der Waals surface area contributed by atoms with Crippen molar-refractivity contribution in [2.24, 2.45) is 0 Å². The van der Waals surface area contributed by atoms with Crippen molar-refractivity contribution in [1.82, 2.24) is 0 Å². The van der Waals surface area contributed by atoms with Crippen LogP contribution in [0.4, 0.5) is 4.39 Å². The van der Waals surface area contributed by atoms with Crippen LogP contribution in [0.1, 0.15) is 21.5 Å². The van der Waals surface area contributed by atoms with E-state index in [1.54, 1.807) is 25.1 Å². The highest BCUT2D eigenvalue weighted by atomic mass is 79.9. The van der Waals surface area contributed by atoms with Crippen molar-refractivity contribution in [2.45, 2.75) is 6.92 Å². The van der Waals surface area contributed by atoms with E-state index in [2.05, 4.69) is 15.9 Å². The molecule has 0 atom stereocenters. The minimum Gasteiger partial charge on any atom is -0.497 e. The number of ether oxygens (including phenoxy) is 2. The summed E-state index contributed by atoms with van der Waals surface area (Å²) >= 11 is 3.35. The minimum atomic E-state index is -0.451. The highest BCUT2D eigenvalue weighted by molar-refractivity contribution is 9.10. The normalized spacial score (nSPS) is 10.3. The molecular weight excluding hydrogens is 339 g/mol. The molecule has 0 radical (unpaired) electrons. The number of halogens is 2. The maximum atomic E-state index is 13.4. The van der Waals surface area contributed by atoms with E-state index in [1.165, 1.54) is 26.4 Å². The first-order valence-corrected chi connectivity index (χ1v) is 6.99. The first kappa shape index (κ1) is 15.5. The van der Waals surface area contributed by atoms with Gasteiger partial charge in [-0.3, -0.25) is 4.79 Å². The first-order chi connectivity index (χ1) is 9.97. The quantitative estimate of drug-likeness (QED) is 0.775. The second-order valence-electron chi connectivity index (χ2n) is 4.47. The molecule has 21 heavy (non-hydrogen) atoms. The average molecular weight is 353 g/mol. The van der Waals surface area contributed by atoms with Crippen molar-refractivity contribution in [1.29, 1.82) is 0 Å². The summed E-state index contributed by atoms with van der Waals surface area (Å²) in [6.07, 6.45) is 0. The number of hydrogen-bond acceptors (Lipinski definition) is 3. The summed E-state index contributed by atoms with van der Waals surface area (Å²) in [4.78, 5) is 12.7. The SMILES string of the molecule is COc1cc(Br)c(C(=O)c2cc(F)ccc2C)c(OC)c1. The fourth-order valence-corrected chi connectivity index (χ4v) is 2.63. The standard InChI is InChI=1S/C16H14BrFO3/c1-9-4-5-10(18)6-12(9)16(19)15-13(17)7-11(20-2)8-14(15)21-3/h4-8H,1-3H3. The van der Waals surface area contributed by atoms with E-state index in [0.717, 1.165) is 0 Å². The van der Waals surface area contributed by atoms with Gasteiger partial charge >= 0.3 is 0 Å². The summed E-state index contributed by atoms with van der Waals surface area (Å²) in [6, 6.07) is 7.42. The lowest BCUT2D eigenvalue weighted by molar-refractivity contribution is 0.103. The summed E-state index contributed by atoms with van der Waals surface area (Å²) in [5.74, 6) is 0.173. The van der Waals surface area contributed by atoms with Crippen LogP contribution in [0.3, 0.4) is 0 Å². The van der Waals surface area contributed by atoms with Gasteiger partial charge < -0.3 is 9.47 Å². The predicted octanol–water partition coefficient (Wildman–Crippen LogP) is 4.14. The lowest BCUT2D eigenvalue weighted by atomic mass is 9.98. The first-order valence-electron chi connectivity index (χ1n) is 6.20. The number of carbonyl (C=O) groups excluding carboxylic acids is 1. The van der Waals surface area contributed by atoms with E-state index in [9.17, 15) is 9.18 Å². The molecule has 110 valence electrons. The van der Waals surface area contributed by atoms with Crippen LogP contribution >= 0.6 is 15.9 Å². The topological polar surface area (TPSA) is 35.5 Å². The van der Waals surface area contributed by atoms with Crippen molar-refractivity contribution in [2.75, 3.05) is 14.2 Å². The highest BCUT2D eigenvalue weighted by Crippen LogP contribution is 2.34. The van der Waals surface area contributed by atoms with E-state index < -0.39 is 5.82 Å². The number of rotatable bonds is 4. The third kappa shape index (κ3) is 3.08. The molecule has 0 amide bonds. The smallest absolute Gasteiger partial charge is 0.198 e. The van der Waals surface area contributed by atoms with Crippen molar-refractivity contribution < 1.29 is 18.7 Å². The zero-order valence-electron chi connectivity index (χ0n) is 11.9. The van der Waals surface area contributed by atoms with Gasteiger partial charge in [-0.05, 0) is 46.6 Å². The molecule has 0 fully saturated rings.